The molecule has 0 bridgehead atoms. The molecule has 148 valence electrons. The Kier molecular flexibility index (Phi) is 32.6. The van der Waals surface area contributed by atoms with Crippen molar-refractivity contribution in [1.82, 2.24) is 0 Å². The Morgan fingerprint density at radius 2 is 1.00 bits per heavy atom. The standard InChI is InChI=1S/C21H42O3.2Na.2H/c1-3-4-5-6-7-8-9-10-11-12-13-14-15-16-17-18-19-24-21(23)20(2)22;;;;/h20,22H,3-19H2,1-2H3;;;;. The van der Waals surface area contributed by atoms with Gasteiger partial charge in [0.15, 0.2) is 0 Å². The van der Waals surface area contributed by atoms with Crippen LogP contribution in [0.3, 0.4) is 0 Å². The van der Waals surface area contributed by atoms with Crippen molar-refractivity contribution in [2.45, 2.75) is 123 Å². The van der Waals surface area contributed by atoms with Crippen LogP contribution in [-0.4, -0.2) is 82.9 Å². The van der Waals surface area contributed by atoms with Crippen LogP contribution in [0.2, 0.25) is 0 Å². The number of hydrogen-bond donors (Lipinski definition) is 1. The Morgan fingerprint density at radius 1 is 0.692 bits per heavy atom. The average Bonchev–Trinajstić information content (AvgIpc) is 2.57. The molecule has 0 spiro atoms. The predicted octanol–water partition coefficient (Wildman–Crippen LogP) is 4.87. The molecule has 0 rings (SSSR count). The first kappa shape index (κ1) is 32.1. The van der Waals surface area contributed by atoms with Gasteiger partial charge >= 0.3 is 65.1 Å². The predicted molar refractivity (Wildman–Crippen MR) is 116 cm³/mol. The van der Waals surface area contributed by atoms with E-state index in [0.717, 1.165) is 12.8 Å². The Hall–Kier alpha value is 1.43. The maximum absolute atomic E-state index is 11.0. The van der Waals surface area contributed by atoms with Gasteiger partial charge in [0.05, 0.1) is 6.61 Å². The third-order valence-electron chi connectivity index (χ3n) is 4.58. The number of carbonyl (C=O) groups is 1. The van der Waals surface area contributed by atoms with Crippen LogP contribution >= 0.6 is 0 Å². The van der Waals surface area contributed by atoms with Gasteiger partial charge in [-0.15, -0.1) is 0 Å². The van der Waals surface area contributed by atoms with Crippen molar-refractivity contribution >= 4 is 65.1 Å². The molecule has 0 heterocycles. The molecule has 0 aromatic carbocycles. The number of rotatable bonds is 18. The van der Waals surface area contributed by atoms with E-state index in [9.17, 15) is 4.79 Å². The monoisotopic (exact) mass is 390 g/mol. The summed E-state index contributed by atoms with van der Waals surface area (Å²) in [6, 6.07) is 0. The zero-order chi connectivity index (χ0) is 17.9. The quantitative estimate of drug-likeness (QED) is 0.206. The molecule has 1 atom stereocenters. The van der Waals surface area contributed by atoms with Crippen molar-refractivity contribution in [1.29, 1.82) is 0 Å². The Labute approximate surface area is 207 Å². The molecular weight excluding hydrogens is 346 g/mol. The van der Waals surface area contributed by atoms with Gasteiger partial charge in [0, 0.05) is 0 Å². The van der Waals surface area contributed by atoms with E-state index in [2.05, 4.69) is 6.92 Å². The first-order valence-corrected chi connectivity index (χ1v) is 10.5. The number of esters is 1. The molecule has 0 fully saturated rings. The van der Waals surface area contributed by atoms with E-state index >= 15 is 0 Å². The first-order chi connectivity index (χ1) is 11.7. The molecule has 0 aromatic heterocycles. The molecule has 0 aliphatic rings. The molecule has 0 saturated heterocycles. The minimum absolute atomic E-state index is 0. The van der Waals surface area contributed by atoms with E-state index in [1.807, 2.05) is 0 Å². The topological polar surface area (TPSA) is 46.5 Å². The summed E-state index contributed by atoms with van der Waals surface area (Å²) in [5.74, 6) is -0.504. The molecule has 0 radical (unpaired) electrons. The summed E-state index contributed by atoms with van der Waals surface area (Å²) >= 11 is 0. The summed E-state index contributed by atoms with van der Waals surface area (Å²) in [6.45, 7) is 4.16. The normalized spacial score (nSPS) is 11.3. The summed E-state index contributed by atoms with van der Waals surface area (Å²) < 4.78 is 4.93. The van der Waals surface area contributed by atoms with E-state index in [0.29, 0.717) is 6.61 Å². The van der Waals surface area contributed by atoms with Gasteiger partial charge in [-0.25, -0.2) is 4.79 Å². The zero-order valence-electron chi connectivity index (χ0n) is 16.4. The van der Waals surface area contributed by atoms with Crippen LogP contribution < -0.4 is 0 Å². The Bertz CT molecular complexity index is 274. The second kappa shape index (κ2) is 26.4. The van der Waals surface area contributed by atoms with E-state index in [1.54, 1.807) is 0 Å². The number of hydrogen-bond acceptors (Lipinski definition) is 3. The van der Waals surface area contributed by atoms with Gasteiger partial charge < -0.3 is 9.84 Å². The fourth-order valence-corrected chi connectivity index (χ4v) is 2.94. The fourth-order valence-electron chi connectivity index (χ4n) is 2.94. The van der Waals surface area contributed by atoms with E-state index < -0.39 is 12.1 Å². The first-order valence-electron chi connectivity index (χ1n) is 10.5. The Balaban J connectivity index is -0.00000264. The zero-order valence-corrected chi connectivity index (χ0v) is 16.4. The summed E-state index contributed by atoms with van der Waals surface area (Å²) in [7, 11) is 0. The number of ether oxygens (including phenoxy) is 1. The molecule has 3 nitrogen and oxygen atoms in total. The van der Waals surface area contributed by atoms with E-state index in [-0.39, 0.29) is 59.1 Å². The molecule has 0 aromatic rings. The van der Waals surface area contributed by atoms with Crippen LogP contribution in [0.1, 0.15) is 117 Å². The molecule has 5 heteroatoms. The van der Waals surface area contributed by atoms with Crippen LogP contribution in [0.5, 0.6) is 0 Å². The van der Waals surface area contributed by atoms with E-state index in [1.165, 1.54) is 96.8 Å². The van der Waals surface area contributed by atoms with Gasteiger partial charge in [-0.2, -0.15) is 0 Å². The van der Waals surface area contributed by atoms with Gasteiger partial charge in [-0.3, -0.25) is 0 Å². The average molecular weight is 391 g/mol. The molecule has 1 unspecified atom stereocenters. The fraction of sp³-hybridized carbons (Fsp3) is 0.952. The number of carbonyl (C=O) groups excluding carboxylic acids is 1. The van der Waals surface area contributed by atoms with Crippen LogP contribution in [0.25, 0.3) is 0 Å². The van der Waals surface area contributed by atoms with Gasteiger partial charge in [0.2, 0.25) is 0 Å². The summed E-state index contributed by atoms with van der Waals surface area (Å²) in [5.41, 5.74) is 0. The van der Waals surface area contributed by atoms with Crippen molar-refractivity contribution < 1.29 is 14.6 Å². The van der Waals surface area contributed by atoms with Crippen LogP contribution in [0, 0.1) is 0 Å². The molecular formula is C21H44Na2O3. The van der Waals surface area contributed by atoms with Crippen molar-refractivity contribution in [2.24, 2.45) is 0 Å². The van der Waals surface area contributed by atoms with Gasteiger partial charge in [0.1, 0.15) is 6.10 Å². The number of aliphatic hydroxyl groups is 1. The van der Waals surface area contributed by atoms with Crippen molar-refractivity contribution in [2.75, 3.05) is 6.61 Å². The molecule has 0 saturated carbocycles. The third-order valence-corrected chi connectivity index (χ3v) is 4.58. The molecule has 0 aliphatic carbocycles. The van der Waals surface area contributed by atoms with Crippen molar-refractivity contribution in [3.8, 4) is 0 Å². The SMILES string of the molecule is CCCCCCCCCCCCCCCCCCOC(=O)C(C)O.[NaH].[NaH]. The summed E-state index contributed by atoms with van der Waals surface area (Å²) in [5, 5.41) is 8.98. The second-order valence-corrected chi connectivity index (χ2v) is 7.15. The molecule has 1 N–H and O–H groups in total. The molecule has 0 amide bonds. The number of aliphatic hydroxyl groups excluding tert-OH is 1. The Morgan fingerprint density at radius 3 is 1.31 bits per heavy atom. The van der Waals surface area contributed by atoms with Gasteiger partial charge in [-0.05, 0) is 13.3 Å². The third kappa shape index (κ3) is 25.4. The maximum atomic E-state index is 11.0. The van der Waals surface area contributed by atoms with Crippen LogP contribution in [0.4, 0.5) is 0 Å². The van der Waals surface area contributed by atoms with Crippen LogP contribution in [-0.2, 0) is 9.53 Å². The van der Waals surface area contributed by atoms with Gasteiger partial charge in [0.25, 0.3) is 0 Å². The second-order valence-electron chi connectivity index (χ2n) is 7.15. The molecule has 0 aliphatic heterocycles. The summed E-state index contributed by atoms with van der Waals surface area (Å²) in [6.07, 6.45) is 20.4. The van der Waals surface area contributed by atoms with Gasteiger partial charge in [-0.1, -0.05) is 103 Å². The minimum atomic E-state index is -0.994. The summed E-state index contributed by atoms with van der Waals surface area (Å²) in [4.78, 5) is 11.0. The van der Waals surface area contributed by atoms with E-state index in [4.69, 9.17) is 9.84 Å². The molecule has 26 heavy (non-hydrogen) atoms. The van der Waals surface area contributed by atoms with Crippen LogP contribution in [0.15, 0.2) is 0 Å². The van der Waals surface area contributed by atoms with Crippen molar-refractivity contribution in [3.63, 3.8) is 0 Å². The van der Waals surface area contributed by atoms with Crippen molar-refractivity contribution in [3.05, 3.63) is 0 Å². The number of unbranched alkanes of at least 4 members (excludes halogenated alkanes) is 15.